The van der Waals surface area contributed by atoms with Gasteiger partial charge in [-0.2, -0.15) is 13.2 Å². The molecule has 0 aromatic heterocycles. The van der Waals surface area contributed by atoms with Gasteiger partial charge < -0.3 is 30.0 Å². The van der Waals surface area contributed by atoms with E-state index in [9.17, 15) is 23.1 Å². The highest BCUT2D eigenvalue weighted by Crippen LogP contribution is 2.44. The summed E-state index contributed by atoms with van der Waals surface area (Å²) >= 11 is 4.81. The Hall–Kier alpha value is -2.27. The van der Waals surface area contributed by atoms with Crippen molar-refractivity contribution >= 4 is 23.3 Å². The lowest BCUT2D eigenvalue weighted by Crippen LogP contribution is -2.73. The van der Waals surface area contributed by atoms with E-state index in [-0.39, 0.29) is 19.0 Å². The van der Waals surface area contributed by atoms with Crippen molar-refractivity contribution in [3.63, 3.8) is 0 Å². The standard InChI is InChI=1S/C15H15F3N2O5S/c1-2-23-12(21)10-11(7-3-4-8-9(5-7)25-6-24-8)19-13(26)20-14(10,22)15(16,17)18/h3-5,10-11,22H,2,6H2,1H3,(H2,19,20,26). The maximum Gasteiger partial charge on any atom is 0.437 e. The number of carbonyl (C=O) groups is 1. The zero-order valence-corrected chi connectivity index (χ0v) is 14.2. The highest BCUT2D eigenvalue weighted by molar-refractivity contribution is 7.80. The van der Waals surface area contributed by atoms with Crippen molar-refractivity contribution in [1.29, 1.82) is 0 Å². The minimum Gasteiger partial charge on any atom is -0.466 e. The molecule has 3 rings (SSSR count). The quantitative estimate of drug-likeness (QED) is 0.525. The summed E-state index contributed by atoms with van der Waals surface area (Å²) in [5.74, 6) is -2.54. The number of carbonyl (C=O) groups excluding carboxylic acids is 1. The normalized spacial score (nSPS) is 27.5. The van der Waals surface area contributed by atoms with Gasteiger partial charge in [0.15, 0.2) is 16.6 Å². The van der Waals surface area contributed by atoms with E-state index in [4.69, 9.17) is 26.4 Å². The lowest BCUT2D eigenvalue weighted by molar-refractivity contribution is -0.292. The van der Waals surface area contributed by atoms with E-state index >= 15 is 0 Å². The molecule has 3 N–H and O–H groups in total. The predicted molar refractivity (Wildman–Crippen MR) is 85.3 cm³/mol. The first-order chi connectivity index (χ1) is 12.2. The van der Waals surface area contributed by atoms with Gasteiger partial charge in [0, 0.05) is 0 Å². The summed E-state index contributed by atoms with van der Waals surface area (Å²) in [6.07, 6.45) is -5.19. The van der Waals surface area contributed by atoms with Crippen LogP contribution in [0.25, 0.3) is 0 Å². The second-order valence-electron chi connectivity index (χ2n) is 5.68. The molecular weight excluding hydrogens is 377 g/mol. The summed E-state index contributed by atoms with van der Waals surface area (Å²) < 4.78 is 56.0. The number of hydrogen-bond donors (Lipinski definition) is 3. The second-order valence-corrected chi connectivity index (χ2v) is 6.09. The van der Waals surface area contributed by atoms with Crippen LogP contribution < -0.4 is 20.1 Å². The van der Waals surface area contributed by atoms with Gasteiger partial charge in [-0.1, -0.05) is 6.07 Å². The molecule has 2 aliphatic rings. The number of esters is 1. The predicted octanol–water partition coefficient (Wildman–Crippen LogP) is 1.36. The zero-order chi connectivity index (χ0) is 19.1. The van der Waals surface area contributed by atoms with Crippen LogP contribution >= 0.6 is 12.2 Å². The molecule has 1 saturated heterocycles. The van der Waals surface area contributed by atoms with Crippen LogP contribution in [0, 0.1) is 5.92 Å². The molecule has 3 atom stereocenters. The first kappa shape index (κ1) is 18.5. The minimum absolute atomic E-state index is 0.0232. The number of aliphatic hydroxyl groups is 1. The Morgan fingerprint density at radius 3 is 2.77 bits per heavy atom. The fourth-order valence-electron chi connectivity index (χ4n) is 2.92. The van der Waals surface area contributed by atoms with E-state index in [1.807, 2.05) is 0 Å². The van der Waals surface area contributed by atoms with Crippen LogP contribution in [0.1, 0.15) is 18.5 Å². The number of thiocarbonyl (C=S) groups is 1. The average Bonchev–Trinajstić information content (AvgIpc) is 3.00. The first-order valence-corrected chi connectivity index (χ1v) is 8.02. The van der Waals surface area contributed by atoms with Crippen LogP contribution in [0.3, 0.4) is 0 Å². The monoisotopic (exact) mass is 392 g/mol. The van der Waals surface area contributed by atoms with Crippen molar-refractivity contribution in [3.8, 4) is 11.5 Å². The minimum atomic E-state index is -5.19. The third-order valence-corrected chi connectivity index (χ3v) is 4.32. The molecule has 0 spiro atoms. The molecule has 2 heterocycles. The summed E-state index contributed by atoms with van der Waals surface area (Å²) in [6.45, 7) is 1.28. The Morgan fingerprint density at radius 2 is 2.12 bits per heavy atom. The van der Waals surface area contributed by atoms with Gasteiger partial charge in [0.2, 0.25) is 6.79 Å². The molecule has 142 valence electrons. The molecule has 0 radical (unpaired) electrons. The van der Waals surface area contributed by atoms with Gasteiger partial charge in [0.25, 0.3) is 5.72 Å². The highest BCUT2D eigenvalue weighted by atomic mass is 32.1. The average molecular weight is 392 g/mol. The summed E-state index contributed by atoms with van der Waals surface area (Å²) in [7, 11) is 0. The summed E-state index contributed by atoms with van der Waals surface area (Å²) in [6, 6.07) is 3.09. The summed E-state index contributed by atoms with van der Waals surface area (Å²) in [5, 5.41) is 14.3. The van der Waals surface area contributed by atoms with E-state index in [1.54, 1.807) is 5.32 Å². The SMILES string of the molecule is CCOC(=O)C1C(c2ccc3c(c2)OCO3)NC(=S)NC1(O)C(F)(F)F. The van der Waals surface area contributed by atoms with E-state index in [0.29, 0.717) is 11.5 Å². The van der Waals surface area contributed by atoms with Gasteiger partial charge in [-0.3, -0.25) is 4.79 Å². The molecule has 0 bridgehead atoms. The number of nitrogens with one attached hydrogen (secondary N) is 2. The van der Waals surface area contributed by atoms with E-state index in [2.05, 4.69) is 5.32 Å². The third kappa shape index (κ3) is 3.01. The van der Waals surface area contributed by atoms with Crippen LogP contribution in [-0.2, 0) is 9.53 Å². The van der Waals surface area contributed by atoms with Gasteiger partial charge in [-0.05, 0) is 36.8 Å². The molecular formula is C15H15F3N2O5S. The summed E-state index contributed by atoms with van der Waals surface area (Å²) in [5.41, 5.74) is -3.35. The second kappa shape index (κ2) is 6.47. The van der Waals surface area contributed by atoms with Crippen LogP contribution in [0.15, 0.2) is 18.2 Å². The molecule has 3 unspecified atom stereocenters. The number of hydrogen-bond acceptors (Lipinski definition) is 6. The molecule has 1 fully saturated rings. The van der Waals surface area contributed by atoms with Crippen molar-refractivity contribution in [1.82, 2.24) is 10.6 Å². The Kier molecular flexibility index (Phi) is 4.61. The molecule has 0 saturated carbocycles. The number of benzene rings is 1. The topological polar surface area (TPSA) is 89.1 Å². The molecule has 7 nitrogen and oxygen atoms in total. The first-order valence-electron chi connectivity index (χ1n) is 7.61. The van der Waals surface area contributed by atoms with Crippen molar-refractivity contribution in [3.05, 3.63) is 23.8 Å². The lowest BCUT2D eigenvalue weighted by atomic mass is 9.82. The maximum absolute atomic E-state index is 13.6. The van der Waals surface area contributed by atoms with Crippen molar-refractivity contribution in [2.45, 2.75) is 24.9 Å². The van der Waals surface area contributed by atoms with E-state index in [1.165, 1.54) is 25.1 Å². The molecule has 11 heteroatoms. The number of alkyl halides is 3. The highest BCUT2D eigenvalue weighted by Gasteiger charge is 2.66. The van der Waals surface area contributed by atoms with Crippen LogP contribution in [0.2, 0.25) is 0 Å². The number of rotatable bonds is 3. The molecule has 1 aromatic rings. The van der Waals surface area contributed by atoms with Gasteiger partial charge in [-0.15, -0.1) is 0 Å². The lowest BCUT2D eigenvalue weighted by Gasteiger charge is -2.45. The Morgan fingerprint density at radius 1 is 1.42 bits per heavy atom. The number of halogens is 3. The molecule has 26 heavy (non-hydrogen) atoms. The van der Waals surface area contributed by atoms with Crippen molar-refractivity contribution in [2.75, 3.05) is 13.4 Å². The van der Waals surface area contributed by atoms with Gasteiger partial charge >= 0.3 is 12.1 Å². The fraction of sp³-hybridized carbons (Fsp3) is 0.467. The fourth-order valence-corrected chi connectivity index (χ4v) is 3.20. The number of fused-ring (bicyclic) bond motifs is 1. The maximum atomic E-state index is 13.6. The van der Waals surface area contributed by atoms with E-state index in [0.717, 1.165) is 0 Å². The Labute approximate surface area is 151 Å². The summed E-state index contributed by atoms with van der Waals surface area (Å²) in [4.78, 5) is 12.3. The zero-order valence-electron chi connectivity index (χ0n) is 13.4. The van der Waals surface area contributed by atoms with Crippen LogP contribution in [0.5, 0.6) is 11.5 Å². The van der Waals surface area contributed by atoms with Gasteiger partial charge in [0.1, 0.15) is 5.92 Å². The molecule has 0 amide bonds. The van der Waals surface area contributed by atoms with Crippen molar-refractivity contribution < 1.29 is 37.3 Å². The van der Waals surface area contributed by atoms with Gasteiger partial charge in [-0.25, -0.2) is 0 Å². The molecule has 1 aromatic carbocycles. The smallest absolute Gasteiger partial charge is 0.437 e. The van der Waals surface area contributed by atoms with Crippen molar-refractivity contribution in [2.24, 2.45) is 5.92 Å². The van der Waals surface area contributed by atoms with Crippen LogP contribution in [-0.4, -0.2) is 41.5 Å². The van der Waals surface area contributed by atoms with Crippen LogP contribution in [0.4, 0.5) is 13.2 Å². The van der Waals surface area contributed by atoms with Gasteiger partial charge in [0.05, 0.1) is 12.6 Å². The molecule has 0 aliphatic carbocycles. The Bertz CT molecular complexity index is 744. The number of ether oxygens (including phenoxy) is 3. The Balaban J connectivity index is 2.08. The third-order valence-electron chi connectivity index (χ3n) is 4.10. The largest absolute Gasteiger partial charge is 0.466 e. The van der Waals surface area contributed by atoms with E-state index < -0.39 is 34.9 Å². The molecule has 2 aliphatic heterocycles.